The SMILES string of the molecule is O=C(CC[C@@H](CO)NC(=O)OCC1c2ccccc2-c2ccccc21)OC(=O)Oc1c(Cl)c(Cl)c(Cl)c(Cl)c1Cl. The van der Waals surface area contributed by atoms with Crippen molar-refractivity contribution in [3.63, 3.8) is 0 Å². The highest BCUT2D eigenvalue weighted by molar-refractivity contribution is 6.55. The Morgan fingerprint density at radius 3 is 1.90 bits per heavy atom. The summed E-state index contributed by atoms with van der Waals surface area (Å²) in [6.07, 6.45) is -2.64. The van der Waals surface area contributed by atoms with E-state index < -0.39 is 36.6 Å². The average Bonchev–Trinajstić information content (AvgIpc) is 3.27. The fourth-order valence-electron chi connectivity index (χ4n) is 4.23. The summed E-state index contributed by atoms with van der Waals surface area (Å²) in [5.41, 5.74) is 4.28. The molecule has 0 fully saturated rings. The second-order valence-corrected chi connectivity index (χ2v) is 10.5. The van der Waals surface area contributed by atoms with Gasteiger partial charge in [-0.2, -0.15) is 0 Å². The molecule has 1 aliphatic carbocycles. The van der Waals surface area contributed by atoms with Gasteiger partial charge in [-0.25, -0.2) is 9.59 Å². The zero-order chi connectivity index (χ0) is 29.0. The summed E-state index contributed by atoms with van der Waals surface area (Å²) in [5, 5.41) is 11.0. The molecule has 0 bridgehead atoms. The van der Waals surface area contributed by atoms with E-state index >= 15 is 0 Å². The first-order valence-electron chi connectivity index (χ1n) is 11.8. The summed E-state index contributed by atoms with van der Waals surface area (Å²) >= 11 is 29.7. The van der Waals surface area contributed by atoms with Gasteiger partial charge >= 0.3 is 18.2 Å². The van der Waals surface area contributed by atoms with Gasteiger partial charge in [0.05, 0.1) is 27.7 Å². The van der Waals surface area contributed by atoms with Crippen LogP contribution in [0.25, 0.3) is 11.1 Å². The van der Waals surface area contributed by atoms with Crippen LogP contribution in [0, 0.1) is 0 Å². The number of benzene rings is 3. The number of amides is 1. The normalized spacial score (nSPS) is 12.8. The lowest BCUT2D eigenvalue weighted by molar-refractivity contribution is -0.139. The van der Waals surface area contributed by atoms with E-state index in [1.54, 1.807) is 0 Å². The molecule has 8 nitrogen and oxygen atoms in total. The van der Waals surface area contributed by atoms with Gasteiger partial charge in [-0.15, -0.1) is 0 Å². The summed E-state index contributed by atoms with van der Waals surface area (Å²) in [5.74, 6) is -1.58. The Kier molecular flexibility index (Phi) is 10.1. The van der Waals surface area contributed by atoms with Crippen molar-refractivity contribution in [2.75, 3.05) is 13.2 Å². The predicted octanol–water partition coefficient (Wildman–Crippen LogP) is 7.68. The Morgan fingerprint density at radius 1 is 0.825 bits per heavy atom. The molecule has 3 aromatic carbocycles. The number of carbonyl (C=O) groups is 3. The molecule has 0 heterocycles. The lowest BCUT2D eigenvalue weighted by atomic mass is 9.98. The predicted molar refractivity (Wildman–Crippen MR) is 152 cm³/mol. The van der Waals surface area contributed by atoms with E-state index in [1.165, 1.54) is 0 Å². The molecule has 1 amide bonds. The molecule has 1 atom stereocenters. The zero-order valence-corrected chi connectivity index (χ0v) is 24.2. The van der Waals surface area contributed by atoms with E-state index in [4.69, 9.17) is 67.5 Å². The van der Waals surface area contributed by atoms with Crippen molar-refractivity contribution in [2.45, 2.75) is 24.8 Å². The third-order valence-electron chi connectivity index (χ3n) is 6.14. The number of alkyl carbamates (subject to hydrolysis) is 1. The molecule has 0 aliphatic heterocycles. The van der Waals surface area contributed by atoms with Crippen molar-refractivity contribution in [1.82, 2.24) is 5.32 Å². The second-order valence-electron chi connectivity index (χ2n) is 8.61. The smallest absolute Gasteiger partial charge is 0.449 e. The summed E-state index contributed by atoms with van der Waals surface area (Å²) in [6.45, 7) is -0.412. The van der Waals surface area contributed by atoms with Gasteiger partial charge in [-0.05, 0) is 28.7 Å². The van der Waals surface area contributed by atoms with Crippen molar-refractivity contribution in [3.8, 4) is 16.9 Å². The van der Waals surface area contributed by atoms with Crippen molar-refractivity contribution >= 4 is 76.2 Å². The maximum atomic E-state index is 12.5. The molecule has 1 aliphatic rings. The molecule has 210 valence electrons. The van der Waals surface area contributed by atoms with Crippen molar-refractivity contribution in [1.29, 1.82) is 0 Å². The van der Waals surface area contributed by atoms with E-state index in [0.717, 1.165) is 22.3 Å². The monoisotopic (exact) mass is 645 g/mol. The minimum absolute atomic E-state index is 0.0626. The van der Waals surface area contributed by atoms with Crippen molar-refractivity contribution in [2.24, 2.45) is 0 Å². The van der Waals surface area contributed by atoms with Gasteiger partial charge in [0, 0.05) is 12.3 Å². The van der Waals surface area contributed by atoms with Gasteiger partial charge in [0.15, 0.2) is 5.75 Å². The fourth-order valence-corrected chi connectivity index (χ4v) is 5.43. The minimum atomic E-state index is -1.45. The minimum Gasteiger partial charge on any atom is -0.449 e. The van der Waals surface area contributed by atoms with Crippen LogP contribution in [0.5, 0.6) is 5.75 Å². The van der Waals surface area contributed by atoms with E-state index in [0.29, 0.717) is 0 Å². The highest BCUT2D eigenvalue weighted by atomic mass is 35.5. The van der Waals surface area contributed by atoms with Crippen LogP contribution >= 0.6 is 58.0 Å². The number of aliphatic hydroxyl groups is 1. The quantitative estimate of drug-likeness (QED) is 0.0849. The molecule has 4 rings (SSSR count). The average molecular weight is 648 g/mol. The number of hydrogen-bond donors (Lipinski definition) is 2. The van der Waals surface area contributed by atoms with Crippen LogP contribution in [-0.2, 0) is 14.3 Å². The van der Waals surface area contributed by atoms with E-state index in [1.807, 2.05) is 48.5 Å². The third kappa shape index (κ3) is 6.60. The highest BCUT2D eigenvalue weighted by Crippen LogP contribution is 2.48. The van der Waals surface area contributed by atoms with Crippen LogP contribution in [0.3, 0.4) is 0 Å². The van der Waals surface area contributed by atoms with Gasteiger partial charge in [-0.3, -0.25) is 4.79 Å². The van der Waals surface area contributed by atoms with Gasteiger partial charge in [0.1, 0.15) is 16.7 Å². The molecule has 0 spiro atoms. The Hall–Kier alpha value is -2.72. The first kappa shape index (κ1) is 30.2. The van der Waals surface area contributed by atoms with E-state index in [-0.39, 0.29) is 50.5 Å². The lowest BCUT2D eigenvalue weighted by Crippen LogP contribution is -2.38. The number of ether oxygens (including phenoxy) is 3. The van der Waals surface area contributed by atoms with Gasteiger partial charge < -0.3 is 24.6 Å². The molecule has 0 radical (unpaired) electrons. The first-order valence-corrected chi connectivity index (χ1v) is 13.7. The van der Waals surface area contributed by atoms with Crippen molar-refractivity contribution in [3.05, 3.63) is 84.8 Å². The Bertz CT molecular complexity index is 1390. The maximum Gasteiger partial charge on any atom is 0.521 e. The number of halogens is 5. The number of rotatable bonds is 8. The molecule has 40 heavy (non-hydrogen) atoms. The van der Waals surface area contributed by atoms with Crippen LogP contribution in [0.4, 0.5) is 9.59 Å². The Labute approximate surface area is 254 Å². The number of fused-ring (bicyclic) bond motifs is 3. The standard InChI is InChI=1S/C27H20Cl5NO7/c28-20-21(29)23(31)25(24(32)22(20)30)40-27(37)39-19(35)10-9-13(11-34)33-26(36)38-12-18-16-7-3-1-5-14(16)15-6-2-4-8-17(15)18/h1-8,13,18,34H,9-12H2,(H,33,36)/t13-/m0/s1. The lowest BCUT2D eigenvalue weighted by Gasteiger charge is -2.18. The van der Waals surface area contributed by atoms with Crippen LogP contribution in [0.15, 0.2) is 48.5 Å². The molecule has 0 saturated heterocycles. The fraction of sp³-hybridized carbons (Fsp3) is 0.222. The Balaban J connectivity index is 1.27. The van der Waals surface area contributed by atoms with Crippen LogP contribution < -0.4 is 10.1 Å². The van der Waals surface area contributed by atoms with Crippen LogP contribution in [0.2, 0.25) is 25.1 Å². The van der Waals surface area contributed by atoms with Crippen LogP contribution in [0.1, 0.15) is 29.9 Å². The van der Waals surface area contributed by atoms with Gasteiger partial charge in [0.2, 0.25) is 0 Å². The Morgan fingerprint density at radius 2 is 1.35 bits per heavy atom. The highest BCUT2D eigenvalue weighted by Gasteiger charge is 2.29. The topological polar surface area (TPSA) is 111 Å². The molecule has 0 unspecified atom stereocenters. The molecule has 0 saturated carbocycles. The molecule has 2 N–H and O–H groups in total. The van der Waals surface area contributed by atoms with Crippen molar-refractivity contribution < 1.29 is 33.7 Å². The third-order valence-corrected chi connectivity index (χ3v) is 8.38. The maximum absolute atomic E-state index is 12.5. The van der Waals surface area contributed by atoms with Crippen LogP contribution in [-0.4, -0.2) is 42.6 Å². The first-order chi connectivity index (χ1) is 19.1. The number of hydrogen-bond acceptors (Lipinski definition) is 7. The molecule has 0 aromatic heterocycles. The molecule has 13 heteroatoms. The zero-order valence-electron chi connectivity index (χ0n) is 20.4. The van der Waals surface area contributed by atoms with Gasteiger partial charge in [-0.1, -0.05) is 107 Å². The summed E-state index contributed by atoms with van der Waals surface area (Å²) < 4.78 is 14.9. The molecular weight excluding hydrogens is 628 g/mol. The summed E-state index contributed by atoms with van der Waals surface area (Å²) in [4.78, 5) is 36.7. The largest absolute Gasteiger partial charge is 0.521 e. The molecular formula is C27H20Cl5NO7. The number of aliphatic hydroxyl groups excluding tert-OH is 1. The van der Waals surface area contributed by atoms with E-state index in [9.17, 15) is 19.5 Å². The number of esters is 1. The number of nitrogens with one attached hydrogen (secondary N) is 1. The number of carbonyl (C=O) groups excluding carboxylic acids is 3. The molecule has 3 aromatic rings. The summed E-state index contributed by atoms with van der Waals surface area (Å²) in [7, 11) is 0. The van der Waals surface area contributed by atoms with Gasteiger partial charge in [0.25, 0.3) is 0 Å². The summed E-state index contributed by atoms with van der Waals surface area (Å²) in [6, 6.07) is 14.9. The van der Waals surface area contributed by atoms with E-state index in [2.05, 4.69) is 10.1 Å². The second kappa shape index (κ2) is 13.3.